The van der Waals surface area contributed by atoms with E-state index in [1.807, 2.05) is 12.1 Å². The molecule has 0 amide bonds. The zero-order chi connectivity index (χ0) is 19.3. The van der Waals surface area contributed by atoms with Crippen LogP contribution in [0.2, 0.25) is 0 Å². The highest BCUT2D eigenvalue weighted by Gasteiger charge is 2.20. The Morgan fingerprint density at radius 3 is 2.23 bits per heavy atom. The van der Waals surface area contributed by atoms with Crippen LogP contribution in [-0.2, 0) is 16.0 Å². The number of carbonyl (C=O) groups excluding carboxylic acids is 3. The van der Waals surface area contributed by atoms with Crippen molar-refractivity contribution in [1.29, 1.82) is 0 Å². The second-order valence-electron chi connectivity index (χ2n) is 6.05. The molecule has 0 saturated heterocycles. The second kappa shape index (κ2) is 8.47. The summed E-state index contributed by atoms with van der Waals surface area (Å²) >= 11 is 0. The van der Waals surface area contributed by atoms with E-state index in [1.165, 1.54) is 12.5 Å². The van der Waals surface area contributed by atoms with E-state index in [9.17, 15) is 14.4 Å². The summed E-state index contributed by atoms with van der Waals surface area (Å²) < 4.78 is 10.3. The predicted octanol–water partition coefficient (Wildman–Crippen LogP) is 3.20. The van der Waals surface area contributed by atoms with Crippen molar-refractivity contribution in [3.8, 4) is 5.75 Å². The van der Waals surface area contributed by atoms with Gasteiger partial charge in [0.15, 0.2) is 19.0 Å². The van der Waals surface area contributed by atoms with Gasteiger partial charge in [-0.3, -0.25) is 9.59 Å². The number of Topliss-reactive ketones (excluding diaryl/α,β-unsaturated/α-hetero) is 2. The molecule has 1 heterocycles. The number of hydrogen-bond donors (Lipinski definition) is 1. The molecular weight excluding hydrogens is 334 g/mol. The third-order valence-corrected chi connectivity index (χ3v) is 4.12. The van der Waals surface area contributed by atoms with Crippen molar-refractivity contribution in [2.24, 2.45) is 0 Å². The standard InChI is InChI=1S/C20H23NO5/c1-5-15-6-8-16(9-7-15)25-11-18(24)26-10-17(23)20-12(2)19(14(4)22)13(3)21-20/h6-9,21H,5,10-11H2,1-4H3. The first-order chi connectivity index (χ1) is 12.3. The maximum absolute atomic E-state index is 12.2. The third kappa shape index (κ3) is 4.59. The smallest absolute Gasteiger partial charge is 0.344 e. The van der Waals surface area contributed by atoms with Gasteiger partial charge >= 0.3 is 5.97 Å². The molecule has 6 heteroatoms. The minimum absolute atomic E-state index is 0.116. The van der Waals surface area contributed by atoms with Crippen LogP contribution in [0.5, 0.6) is 5.75 Å². The summed E-state index contributed by atoms with van der Waals surface area (Å²) in [5, 5.41) is 0. The molecular formula is C20H23NO5. The van der Waals surface area contributed by atoms with E-state index in [2.05, 4.69) is 11.9 Å². The normalized spacial score (nSPS) is 10.5. The summed E-state index contributed by atoms with van der Waals surface area (Å²) in [6.07, 6.45) is 0.924. The number of H-pyrrole nitrogens is 1. The summed E-state index contributed by atoms with van der Waals surface area (Å²) in [5.41, 5.74) is 3.16. The number of esters is 1. The number of rotatable bonds is 8. The summed E-state index contributed by atoms with van der Waals surface area (Å²) in [5.74, 6) is -0.577. The van der Waals surface area contributed by atoms with E-state index in [-0.39, 0.29) is 18.1 Å². The molecule has 1 N–H and O–H groups in total. The first-order valence-corrected chi connectivity index (χ1v) is 8.44. The van der Waals surface area contributed by atoms with Crippen molar-refractivity contribution in [3.05, 3.63) is 52.3 Å². The summed E-state index contributed by atoms with van der Waals surface area (Å²) in [6, 6.07) is 7.41. The van der Waals surface area contributed by atoms with Gasteiger partial charge < -0.3 is 14.5 Å². The van der Waals surface area contributed by atoms with Gasteiger partial charge in [0, 0.05) is 11.3 Å². The molecule has 2 aromatic rings. The molecule has 26 heavy (non-hydrogen) atoms. The molecule has 0 saturated carbocycles. The Morgan fingerprint density at radius 2 is 1.69 bits per heavy atom. The van der Waals surface area contributed by atoms with Gasteiger partial charge in [-0.2, -0.15) is 0 Å². The molecule has 0 unspecified atom stereocenters. The summed E-state index contributed by atoms with van der Waals surface area (Å²) in [4.78, 5) is 38.5. The van der Waals surface area contributed by atoms with Crippen molar-refractivity contribution >= 4 is 17.5 Å². The van der Waals surface area contributed by atoms with Gasteiger partial charge in [0.25, 0.3) is 0 Å². The Hall–Kier alpha value is -2.89. The average molecular weight is 357 g/mol. The number of nitrogens with one attached hydrogen (secondary N) is 1. The van der Waals surface area contributed by atoms with Gasteiger partial charge in [0.1, 0.15) is 5.75 Å². The molecule has 0 bridgehead atoms. The van der Waals surface area contributed by atoms with E-state index in [4.69, 9.17) is 9.47 Å². The Balaban J connectivity index is 1.87. The van der Waals surface area contributed by atoms with Crippen LogP contribution < -0.4 is 4.74 Å². The van der Waals surface area contributed by atoms with Crippen LogP contribution in [0.3, 0.4) is 0 Å². The quantitative estimate of drug-likeness (QED) is 0.579. The van der Waals surface area contributed by atoms with Crippen molar-refractivity contribution in [1.82, 2.24) is 4.98 Å². The number of hydrogen-bond acceptors (Lipinski definition) is 5. The highest BCUT2D eigenvalue weighted by atomic mass is 16.6. The van der Waals surface area contributed by atoms with Gasteiger partial charge in [0.05, 0.1) is 5.69 Å². The van der Waals surface area contributed by atoms with Gasteiger partial charge in [-0.15, -0.1) is 0 Å². The fraction of sp³-hybridized carbons (Fsp3) is 0.350. The van der Waals surface area contributed by atoms with E-state index in [1.54, 1.807) is 26.0 Å². The number of ether oxygens (including phenoxy) is 2. The van der Waals surface area contributed by atoms with Crippen molar-refractivity contribution in [2.45, 2.75) is 34.1 Å². The molecule has 0 atom stereocenters. The van der Waals surface area contributed by atoms with Gasteiger partial charge in [0.2, 0.25) is 5.78 Å². The lowest BCUT2D eigenvalue weighted by atomic mass is 10.1. The SMILES string of the molecule is CCc1ccc(OCC(=O)OCC(=O)c2[nH]c(C)c(C(C)=O)c2C)cc1. The Morgan fingerprint density at radius 1 is 1.04 bits per heavy atom. The van der Waals surface area contributed by atoms with Crippen LogP contribution in [0, 0.1) is 13.8 Å². The van der Waals surface area contributed by atoms with E-state index < -0.39 is 18.4 Å². The van der Waals surface area contributed by atoms with Crippen molar-refractivity contribution in [2.75, 3.05) is 13.2 Å². The molecule has 2 rings (SSSR count). The maximum atomic E-state index is 12.2. The number of benzene rings is 1. The third-order valence-electron chi connectivity index (χ3n) is 4.12. The second-order valence-corrected chi connectivity index (χ2v) is 6.05. The minimum Gasteiger partial charge on any atom is -0.482 e. The first-order valence-electron chi connectivity index (χ1n) is 8.44. The fourth-order valence-corrected chi connectivity index (χ4v) is 2.78. The molecule has 6 nitrogen and oxygen atoms in total. The van der Waals surface area contributed by atoms with Crippen LogP contribution >= 0.6 is 0 Å². The Labute approximate surface area is 152 Å². The lowest BCUT2D eigenvalue weighted by Crippen LogP contribution is -2.20. The fourth-order valence-electron chi connectivity index (χ4n) is 2.78. The van der Waals surface area contributed by atoms with Crippen LogP contribution in [0.15, 0.2) is 24.3 Å². The first kappa shape index (κ1) is 19.4. The summed E-state index contributed by atoms with van der Waals surface area (Å²) in [7, 11) is 0. The Bertz CT molecular complexity index is 817. The molecule has 138 valence electrons. The van der Waals surface area contributed by atoms with E-state index >= 15 is 0 Å². The number of aryl methyl sites for hydroxylation is 2. The monoisotopic (exact) mass is 357 g/mol. The molecule has 0 aliphatic carbocycles. The topological polar surface area (TPSA) is 85.5 Å². The van der Waals surface area contributed by atoms with Crippen LogP contribution in [0.4, 0.5) is 0 Å². The maximum Gasteiger partial charge on any atom is 0.344 e. The number of aromatic nitrogens is 1. The van der Waals surface area contributed by atoms with Crippen LogP contribution in [0.1, 0.15) is 51.5 Å². The van der Waals surface area contributed by atoms with Crippen LogP contribution in [-0.4, -0.2) is 35.7 Å². The van der Waals surface area contributed by atoms with Crippen molar-refractivity contribution < 1.29 is 23.9 Å². The lowest BCUT2D eigenvalue weighted by molar-refractivity contribution is -0.144. The van der Waals surface area contributed by atoms with Crippen molar-refractivity contribution in [3.63, 3.8) is 0 Å². The Kier molecular flexibility index (Phi) is 6.33. The zero-order valence-corrected chi connectivity index (χ0v) is 15.5. The predicted molar refractivity (Wildman–Crippen MR) is 96.9 cm³/mol. The molecule has 0 radical (unpaired) electrons. The highest BCUT2D eigenvalue weighted by molar-refractivity contribution is 6.04. The number of carbonyl (C=O) groups is 3. The largest absolute Gasteiger partial charge is 0.482 e. The molecule has 1 aromatic heterocycles. The molecule has 0 aliphatic heterocycles. The van der Waals surface area contributed by atoms with Gasteiger partial charge in [-0.1, -0.05) is 19.1 Å². The van der Waals surface area contributed by atoms with Gasteiger partial charge in [-0.05, 0) is 50.5 Å². The average Bonchev–Trinajstić information content (AvgIpc) is 2.92. The minimum atomic E-state index is -0.634. The van der Waals surface area contributed by atoms with Gasteiger partial charge in [-0.25, -0.2) is 4.79 Å². The van der Waals surface area contributed by atoms with Crippen LogP contribution in [0.25, 0.3) is 0 Å². The molecule has 0 fully saturated rings. The van der Waals surface area contributed by atoms with E-state index in [0.29, 0.717) is 22.6 Å². The lowest BCUT2D eigenvalue weighted by Gasteiger charge is -2.07. The summed E-state index contributed by atoms with van der Waals surface area (Å²) in [6.45, 7) is 6.23. The molecule has 0 spiro atoms. The molecule has 0 aliphatic rings. The zero-order valence-electron chi connectivity index (χ0n) is 15.5. The highest BCUT2D eigenvalue weighted by Crippen LogP contribution is 2.19. The number of aromatic amines is 1. The number of ketones is 2. The van der Waals surface area contributed by atoms with E-state index in [0.717, 1.165) is 6.42 Å². The molecule has 1 aromatic carbocycles.